The van der Waals surface area contributed by atoms with Crippen LogP contribution in [0.1, 0.15) is 132 Å². The third kappa shape index (κ3) is 13.3. The summed E-state index contributed by atoms with van der Waals surface area (Å²) in [6.07, 6.45) is 22.5. The van der Waals surface area contributed by atoms with Crippen molar-refractivity contribution in [3.8, 4) is 17.0 Å². The number of unbranched alkanes of at least 4 members (excludes halogenated alkanes) is 13. The summed E-state index contributed by atoms with van der Waals surface area (Å²) in [7, 11) is 0. The molecule has 0 spiro atoms. The Hall–Kier alpha value is -2.98. The highest BCUT2D eigenvalue weighted by Crippen LogP contribution is 2.22. The molecule has 0 N–H and O–H groups in total. The second kappa shape index (κ2) is 20.8. The van der Waals surface area contributed by atoms with Crippen molar-refractivity contribution in [2.24, 2.45) is 0 Å². The average Bonchev–Trinajstić information content (AvgIpc) is 3.02. The number of benzene rings is 2. The van der Waals surface area contributed by atoms with Crippen molar-refractivity contribution in [2.45, 2.75) is 123 Å². The minimum atomic E-state index is -0.333. The first-order valence-electron chi connectivity index (χ1n) is 16.6. The van der Waals surface area contributed by atoms with Crippen molar-refractivity contribution in [3.05, 3.63) is 83.6 Å². The van der Waals surface area contributed by atoms with Crippen LogP contribution in [0.3, 0.4) is 0 Å². The van der Waals surface area contributed by atoms with Gasteiger partial charge in [-0.15, -0.1) is 0 Å². The lowest BCUT2D eigenvalue weighted by Crippen LogP contribution is -2.08. The maximum absolute atomic E-state index is 12.7. The predicted molar refractivity (Wildman–Crippen MR) is 175 cm³/mol. The molecule has 3 rings (SSSR count). The van der Waals surface area contributed by atoms with Gasteiger partial charge in [0.05, 0.1) is 17.9 Å². The Labute approximate surface area is 255 Å². The Balaban J connectivity index is 1.34. The van der Waals surface area contributed by atoms with Crippen LogP contribution in [0.4, 0.5) is 0 Å². The summed E-state index contributed by atoms with van der Waals surface area (Å²) in [4.78, 5) is 17.3. The number of carbonyl (C=O) groups excluding carboxylic acids is 1. The number of rotatable bonds is 22. The van der Waals surface area contributed by atoms with Crippen LogP contribution in [0.5, 0.6) is 5.75 Å². The number of esters is 1. The maximum atomic E-state index is 12.7. The van der Waals surface area contributed by atoms with E-state index in [-0.39, 0.29) is 5.97 Å². The van der Waals surface area contributed by atoms with E-state index in [0.717, 1.165) is 36.3 Å². The molecule has 228 valence electrons. The monoisotopic (exact) mass is 571 g/mol. The van der Waals surface area contributed by atoms with Gasteiger partial charge in [0.2, 0.25) is 0 Å². The van der Waals surface area contributed by atoms with E-state index >= 15 is 0 Å². The number of hydrogen-bond donors (Lipinski definition) is 0. The smallest absolute Gasteiger partial charge is 0.343 e. The predicted octanol–water partition coefficient (Wildman–Crippen LogP) is 10.9. The minimum Gasteiger partial charge on any atom is -0.423 e. The van der Waals surface area contributed by atoms with Gasteiger partial charge >= 0.3 is 5.97 Å². The van der Waals surface area contributed by atoms with Gasteiger partial charge in [-0.05, 0) is 72.9 Å². The first-order valence-corrected chi connectivity index (χ1v) is 16.6. The molecule has 4 nitrogen and oxygen atoms in total. The Morgan fingerprint density at radius 2 is 1.19 bits per heavy atom. The van der Waals surface area contributed by atoms with Crippen molar-refractivity contribution in [3.63, 3.8) is 0 Å². The maximum Gasteiger partial charge on any atom is 0.343 e. The number of pyridine rings is 1. The van der Waals surface area contributed by atoms with E-state index in [9.17, 15) is 4.79 Å². The molecule has 0 bridgehead atoms. The highest BCUT2D eigenvalue weighted by molar-refractivity contribution is 5.91. The van der Waals surface area contributed by atoms with Crippen molar-refractivity contribution in [1.29, 1.82) is 0 Å². The van der Waals surface area contributed by atoms with E-state index in [1.807, 2.05) is 48.7 Å². The van der Waals surface area contributed by atoms with Crippen molar-refractivity contribution in [2.75, 3.05) is 6.61 Å². The number of carbonyl (C=O) groups is 1. The molecule has 0 aliphatic rings. The van der Waals surface area contributed by atoms with E-state index in [2.05, 4.69) is 37.0 Å². The van der Waals surface area contributed by atoms with Gasteiger partial charge in [-0.3, -0.25) is 4.98 Å². The third-order valence-electron chi connectivity index (χ3n) is 7.85. The molecular formula is C38H53NO3. The molecule has 1 heterocycles. The van der Waals surface area contributed by atoms with Crippen LogP contribution in [-0.4, -0.2) is 17.6 Å². The average molecular weight is 572 g/mol. The number of aryl methyl sites for hydroxylation is 1. The molecule has 0 aliphatic carbocycles. The zero-order valence-electron chi connectivity index (χ0n) is 26.3. The second-order valence-corrected chi connectivity index (χ2v) is 11.6. The zero-order valence-corrected chi connectivity index (χ0v) is 26.3. The van der Waals surface area contributed by atoms with Crippen LogP contribution in [0, 0.1) is 0 Å². The van der Waals surface area contributed by atoms with Gasteiger partial charge in [-0.1, -0.05) is 116 Å². The molecule has 2 aromatic carbocycles. The zero-order chi connectivity index (χ0) is 29.7. The van der Waals surface area contributed by atoms with Gasteiger partial charge in [0.15, 0.2) is 0 Å². The Morgan fingerprint density at radius 3 is 1.79 bits per heavy atom. The van der Waals surface area contributed by atoms with Crippen LogP contribution in [0.25, 0.3) is 11.3 Å². The van der Waals surface area contributed by atoms with Crippen LogP contribution in [0.2, 0.25) is 0 Å². The first-order chi connectivity index (χ1) is 20.7. The highest BCUT2D eigenvalue weighted by atomic mass is 16.5. The molecule has 3 aromatic rings. The summed E-state index contributed by atoms with van der Waals surface area (Å²) in [5, 5.41) is 0. The van der Waals surface area contributed by atoms with Gasteiger partial charge in [-0.25, -0.2) is 4.79 Å². The molecule has 0 atom stereocenters. The molecule has 0 radical (unpaired) electrons. The fourth-order valence-electron chi connectivity index (χ4n) is 5.16. The molecule has 0 saturated carbocycles. The van der Waals surface area contributed by atoms with E-state index in [1.54, 1.807) is 0 Å². The molecule has 1 aromatic heterocycles. The molecule has 42 heavy (non-hydrogen) atoms. The molecule has 4 heteroatoms. The lowest BCUT2D eigenvalue weighted by Gasteiger charge is -2.08. The summed E-state index contributed by atoms with van der Waals surface area (Å²) >= 11 is 0. The number of aromatic nitrogens is 1. The minimum absolute atomic E-state index is 0.333. The summed E-state index contributed by atoms with van der Waals surface area (Å²) in [6.45, 7) is 5.91. The Kier molecular flexibility index (Phi) is 16.6. The first kappa shape index (κ1) is 33.5. The lowest BCUT2D eigenvalue weighted by atomic mass is 10.0. The van der Waals surface area contributed by atoms with Crippen LogP contribution in [-0.2, 0) is 17.8 Å². The summed E-state index contributed by atoms with van der Waals surface area (Å²) in [5.74, 6) is 0.197. The summed E-state index contributed by atoms with van der Waals surface area (Å²) in [6, 6.07) is 19.5. The third-order valence-corrected chi connectivity index (χ3v) is 7.85. The molecule has 0 amide bonds. The highest BCUT2D eigenvalue weighted by Gasteiger charge is 2.09. The van der Waals surface area contributed by atoms with Crippen LogP contribution >= 0.6 is 0 Å². The van der Waals surface area contributed by atoms with Crippen LogP contribution < -0.4 is 4.74 Å². The fourth-order valence-corrected chi connectivity index (χ4v) is 5.16. The largest absolute Gasteiger partial charge is 0.423 e. The molecule has 0 fully saturated rings. The van der Waals surface area contributed by atoms with Crippen molar-refractivity contribution >= 4 is 5.97 Å². The van der Waals surface area contributed by atoms with Crippen LogP contribution in [0.15, 0.2) is 66.9 Å². The standard InChI is InChI=1S/C38H53NO3/c1-3-5-7-9-11-12-14-16-18-32-19-22-35(23-20-32)38(40)42-36-26-24-34(25-27-36)37-28-21-33(30-39-37)31-41-29-17-15-13-10-8-6-4-2/h19-28,30H,3-18,29,31H2,1-2H3. The Morgan fingerprint density at radius 1 is 0.619 bits per heavy atom. The van der Waals surface area contributed by atoms with E-state index < -0.39 is 0 Å². The van der Waals surface area contributed by atoms with E-state index in [4.69, 9.17) is 9.47 Å². The molecular weight excluding hydrogens is 518 g/mol. The van der Waals surface area contributed by atoms with Gasteiger partial charge < -0.3 is 9.47 Å². The second-order valence-electron chi connectivity index (χ2n) is 11.6. The van der Waals surface area contributed by atoms with Gasteiger partial charge in [0.1, 0.15) is 5.75 Å². The van der Waals surface area contributed by atoms with E-state index in [0.29, 0.717) is 17.9 Å². The fraction of sp³-hybridized carbons (Fsp3) is 0.526. The van der Waals surface area contributed by atoms with Gasteiger partial charge in [0.25, 0.3) is 0 Å². The van der Waals surface area contributed by atoms with Gasteiger partial charge in [-0.2, -0.15) is 0 Å². The van der Waals surface area contributed by atoms with Gasteiger partial charge in [0, 0.05) is 18.4 Å². The topological polar surface area (TPSA) is 48.4 Å². The lowest BCUT2D eigenvalue weighted by molar-refractivity contribution is 0.0734. The molecule has 0 aliphatic heterocycles. The molecule has 0 saturated heterocycles. The SMILES string of the molecule is CCCCCCCCCCc1ccc(C(=O)Oc2ccc(-c3ccc(COCCCCCCCCC)cn3)cc2)cc1. The summed E-state index contributed by atoms with van der Waals surface area (Å²) in [5.41, 5.74) is 4.80. The van der Waals surface area contributed by atoms with Crippen molar-refractivity contribution < 1.29 is 14.3 Å². The quantitative estimate of drug-likeness (QED) is 0.0683. The normalized spacial score (nSPS) is 11.1. The van der Waals surface area contributed by atoms with E-state index in [1.165, 1.54) is 95.5 Å². The summed E-state index contributed by atoms with van der Waals surface area (Å²) < 4.78 is 11.5. The number of nitrogens with zero attached hydrogens (tertiary/aromatic N) is 1. The Bertz CT molecular complexity index is 1110. The molecule has 0 unspecified atom stereocenters. The van der Waals surface area contributed by atoms with Crippen molar-refractivity contribution in [1.82, 2.24) is 4.98 Å². The number of ether oxygens (including phenoxy) is 2. The number of hydrogen-bond acceptors (Lipinski definition) is 4.